The maximum Gasteiger partial charge on any atom is 0.119 e. The minimum Gasteiger partial charge on any atom is -0.497 e. The molecule has 0 radical (unpaired) electrons. The zero-order valence-electron chi connectivity index (χ0n) is 14.4. The normalized spacial score (nSPS) is 10.5. The van der Waals surface area contributed by atoms with E-state index in [1.54, 1.807) is 7.11 Å². The zero-order valence-corrected chi connectivity index (χ0v) is 14.4. The fourth-order valence-electron chi connectivity index (χ4n) is 2.64. The van der Waals surface area contributed by atoms with Crippen LogP contribution >= 0.6 is 0 Å². The van der Waals surface area contributed by atoms with Gasteiger partial charge in [-0.05, 0) is 41.8 Å². The molecular formula is C21H28O2. The largest absolute Gasteiger partial charge is 0.497 e. The number of ether oxygens (including phenoxy) is 2. The summed E-state index contributed by atoms with van der Waals surface area (Å²) >= 11 is 0. The van der Waals surface area contributed by atoms with E-state index in [0.717, 1.165) is 35.7 Å². The molecule has 0 aromatic heterocycles. The molecule has 2 aromatic carbocycles. The molecule has 2 rings (SSSR count). The highest BCUT2D eigenvalue weighted by molar-refractivity contribution is 5.66. The fraction of sp³-hybridized carbons (Fsp3) is 0.429. The van der Waals surface area contributed by atoms with Crippen molar-refractivity contribution in [3.63, 3.8) is 0 Å². The van der Waals surface area contributed by atoms with Crippen LogP contribution in [0.25, 0.3) is 11.1 Å². The number of benzene rings is 2. The van der Waals surface area contributed by atoms with Crippen LogP contribution in [-0.2, 0) is 0 Å². The first kappa shape index (κ1) is 17.4. The molecule has 0 saturated carbocycles. The molecule has 0 N–H and O–H groups in total. The molecule has 0 fully saturated rings. The van der Waals surface area contributed by atoms with Crippen molar-refractivity contribution in [2.75, 3.05) is 13.7 Å². The fourth-order valence-corrected chi connectivity index (χ4v) is 2.64. The van der Waals surface area contributed by atoms with E-state index in [-0.39, 0.29) is 0 Å². The van der Waals surface area contributed by atoms with Gasteiger partial charge >= 0.3 is 0 Å². The minimum atomic E-state index is 0.799. The number of unbranched alkanes of at least 4 members (excludes halogenated alkanes) is 5. The summed E-state index contributed by atoms with van der Waals surface area (Å²) in [6, 6.07) is 16.4. The molecule has 0 unspecified atom stereocenters. The van der Waals surface area contributed by atoms with Crippen LogP contribution < -0.4 is 9.47 Å². The summed E-state index contributed by atoms with van der Waals surface area (Å²) in [7, 11) is 1.69. The van der Waals surface area contributed by atoms with Gasteiger partial charge in [0, 0.05) is 0 Å². The monoisotopic (exact) mass is 312 g/mol. The quantitative estimate of drug-likeness (QED) is 0.493. The summed E-state index contributed by atoms with van der Waals surface area (Å²) in [6.07, 6.45) is 7.71. The van der Waals surface area contributed by atoms with E-state index >= 15 is 0 Å². The summed E-state index contributed by atoms with van der Waals surface area (Å²) in [6.45, 7) is 3.05. The zero-order chi connectivity index (χ0) is 16.3. The van der Waals surface area contributed by atoms with Crippen molar-refractivity contribution in [1.82, 2.24) is 0 Å². The van der Waals surface area contributed by atoms with E-state index in [2.05, 4.69) is 25.1 Å². The van der Waals surface area contributed by atoms with E-state index < -0.39 is 0 Å². The van der Waals surface area contributed by atoms with Gasteiger partial charge < -0.3 is 9.47 Å². The molecule has 0 saturated heterocycles. The molecule has 2 aromatic rings. The van der Waals surface area contributed by atoms with Gasteiger partial charge in [0.2, 0.25) is 0 Å². The smallest absolute Gasteiger partial charge is 0.119 e. The van der Waals surface area contributed by atoms with Crippen LogP contribution in [0.4, 0.5) is 0 Å². The van der Waals surface area contributed by atoms with Gasteiger partial charge in [0.25, 0.3) is 0 Å². The van der Waals surface area contributed by atoms with Crippen LogP contribution in [0, 0.1) is 0 Å². The number of rotatable bonds is 10. The molecule has 0 heterocycles. The Morgan fingerprint density at radius 1 is 0.739 bits per heavy atom. The van der Waals surface area contributed by atoms with E-state index in [1.165, 1.54) is 32.1 Å². The van der Waals surface area contributed by atoms with Crippen molar-refractivity contribution in [2.45, 2.75) is 45.4 Å². The van der Waals surface area contributed by atoms with Crippen molar-refractivity contribution in [1.29, 1.82) is 0 Å². The van der Waals surface area contributed by atoms with Crippen molar-refractivity contribution in [3.8, 4) is 22.6 Å². The van der Waals surface area contributed by atoms with Gasteiger partial charge in [0.1, 0.15) is 11.5 Å². The third-order valence-corrected chi connectivity index (χ3v) is 4.00. The maximum absolute atomic E-state index is 5.90. The van der Waals surface area contributed by atoms with Crippen LogP contribution in [0.3, 0.4) is 0 Å². The summed E-state index contributed by atoms with van der Waals surface area (Å²) in [5.41, 5.74) is 2.30. The molecule has 0 aliphatic heterocycles. The van der Waals surface area contributed by atoms with Crippen LogP contribution in [0.1, 0.15) is 45.4 Å². The Kier molecular flexibility index (Phi) is 7.51. The molecule has 2 nitrogen and oxygen atoms in total. The summed E-state index contributed by atoms with van der Waals surface area (Å²) in [5.74, 6) is 1.82. The predicted molar refractivity (Wildman–Crippen MR) is 97.3 cm³/mol. The maximum atomic E-state index is 5.90. The first-order valence-electron chi connectivity index (χ1n) is 8.71. The summed E-state index contributed by atoms with van der Waals surface area (Å²) < 4.78 is 11.2. The minimum absolute atomic E-state index is 0.799. The summed E-state index contributed by atoms with van der Waals surface area (Å²) in [4.78, 5) is 0. The Balaban J connectivity index is 1.85. The van der Waals surface area contributed by atoms with Crippen LogP contribution in [-0.4, -0.2) is 13.7 Å². The molecule has 23 heavy (non-hydrogen) atoms. The lowest BCUT2D eigenvalue weighted by Gasteiger charge is -2.09. The average Bonchev–Trinajstić information content (AvgIpc) is 2.61. The van der Waals surface area contributed by atoms with Crippen molar-refractivity contribution in [2.24, 2.45) is 0 Å². The molecule has 0 aliphatic rings. The predicted octanol–water partition coefficient (Wildman–Crippen LogP) is 6.10. The molecular weight excluding hydrogens is 284 g/mol. The topological polar surface area (TPSA) is 18.5 Å². The lowest BCUT2D eigenvalue weighted by atomic mass is 10.1. The number of methoxy groups -OCH3 is 1. The molecule has 0 atom stereocenters. The highest BCUT2D eigenvalue weighted by Crippen LogP contribution is 2.26. The van der Waals surface area contributed by atoms with Gasteiger partial charge in [-0.25, -0.2) is 0 Å². The standard InChI is InChI=1S/C21H28O2/c1-3-4-5-6-7-8-15-23-21-14-10-12-19(17-21)18-11-9-13-20(16-18)22-2/h9-14,16-17H,3-8,15H2,1-2H3. The Hall–Kier alpha value is -1.96. The van der Waals surface area contributed by atoms with Gasteiger partial charge in [-0.1, -0.05) is 63.3 Å². The van der Waals surface area contributed by atoms with Gasteiger partial charge in [0.05, 0.1) is 13.7 Å². The lowest BCUT2D eigenvalue weighted by Crippen LogP contribution is -1.97. The molecule has 124 valence electrons. The molecule has 0 spiro atoms. The van der Waals surface area contributed by atoms with Crippen molar-refractivity contribution in [3.05, 3.63) is 48.5 Å². The first-order chi connectivity index (χ1) is 11.3. The highest BCUT2D eigenvalue weighted by Gasteiger charge is 2.02. The Bertz CT molecular complexity index is 578. The van der Waals surface area contributed by atoms with E-state index in [4.69, 9.17) is 9.47 Å². The van der Waals surface area contributed by atoms with Crippen LogP contribution in [0.2, 0.25) is 0 Å². The SMILES string of the molecule is CCCCCCCCOc1cccc(-c2cccc(OC)c2)c1. The third kappa shape index (κ3) is 5.97. The first-order valence-corrected chi connectivity index (χ1v) is 8.71. The van der Waals surface area contributed by atoms with Crippen molar-refractivity contribution < 1.29 is 9.47 Å². The second-order valence-electron chi connectivity index (χ2n) is 5.88. The van der Waals surface area contributed by atoms with Crippen LogP contribution in [0.15, 0.2) is 48.5 Å². The van der Waals surface area contributed by atoms with Gasteiger partial charge in [0.15, 0.2) is 0 Å². The average molecular weight is 312 g/mol. The van der Waals surface area contributed by atoms with E-state index in [0.29, 0.717) is 0 Å². The highest BCUT2D eigenvalue weighted by atomic mass is 16.5. The third-order valence-electron chi connectivity index (χ3n) is 4.00. The second-order valence-corrected chi connectivity index (χ2v) is 5.88. The van der Waals surface area contributed by atoms with E-state index in [9.17, 15) is 0 Å². The number of hydrogen-bond acceptors (Lipinski definition) is 2. The van der Waals surface area contributed by atoms with Gasteiger partial charge in [-0.2, -0.15) is 0 Å². The van der Waals surface area contributed by atoms with Crippen LogP contribution in [0.5, 0.6) is 11.5 Å². The Morgan fingerprint density at radius 3 is 2.04 bits per heavy atom. The van der Waals surface area contributed by atoms with E-state index in [1.807, 2.05) is 30.3 Å². The Morgan fingerprint density at radius 2 is 1.35 bits per heavy atom. The molecule has 0 aliphatic carbocycles. The molecule has 2 heteroatoms. The molecule has 0 bridgehead atoms. The van der Waals surface area contributed by atoms with Crippen molar-refractivity contribution >= 4 is 0 Å². The molecule has 0 amide bonds. The summed E-state index contributed by atoms with van der Waals surface area (Å²) in [5, 5.41) is 0. The Labute approximate surface area is 140 Å². The van der Waals surface area contributed by atoms with Gasteiger partial charge in [-0.3, -0.25) is 0 Å². The lowest BCUT2D eigenvalue weighted by molar-refractivity contribution is 0.304. The van der Waals surface area contributed by atoms with Gasteiger partial charge in [-0.15, -0.1) is 0 Å². The second kappa shape index (κ2) is 9.94. The number of hydrogen-bond donors (Lipinski definition) is 0.